The normalized spacial score (nSPS) is 18.6. The van der Waals surface area contributed by atoms with E-state index in [-0.39, 0.29) is 0 Å². The lowest BCUT2D eigenvalue weighted by atomic mass is 10.1. The van der Waals surface area contributed by atoms with Crippen LogP contribution >= 0.6 is 0 Å². The predicted molar refractivity (Wildman–Crippen MR) is 76.1 cm³/mol. The number of aryl methyl sites for hydroxylation is 1. The van der Waals surface area contributed by atoms with Crippen LogP contribution in [0.2, 0.25) is 0 Å². The summed E-state index contributed by atoms with van der Waals surface area (Å²) >= 11 is 0. The van der Waals surface area contributed by atoms with E-state index in [0.29, 0.717) is 0 Å². The fraction of sp³-hybridized carbons (Fsp3) is 0.923. The zero-order chi connectivity index (χ0) is 14.6. The Morgan fingerprint density at radius 1 is 1.15 bits per heavy atom. The molecule has 20 heavy (non-hydrogen) atoms. The van der Waals surface area contributed by atoms with Crippen LogP contribution in [0.1, 0.15) is 33.0 Å². The molecule has 1 aliphatic heterocycles. The minimum Gasteiger partial charge on any atom is -0.389 e. The van der Waals surface area contributed by atoms with Crippen molar-refractivity contribution in [2.45, 2.75) is 45.9 Å². The summed E-state index contributed by atoms with van der Waals surface area (Å²) in [5.74, 6) is 0.947. The summed E-state index contributed by atoms with van der Waals surface area (Å²) in [6.07, 6.45) is 1.04. The monoisotopic (exact) mass is 282 g/mol. The Balaban J connectivity index is 1.81. The van der Waals surface area contributed by atoms with Gasteiger partial charge in [0, 0.05) is 39.3 Å². The molecule has 1 aliphatic rings. The SMILES string of the molecule is CCCn1nnnc1CN1CCN(CC(C)(C)O)CC1. The van der Waals surface area contributed by atoms with Gasteiger partial charge in [0.1, 0.15) is 0 Å². The number of hydrogen-bond acceptors (Lipinski definition) is 6. The van der Waals surface area contributed by atoms with E-state index in [0.717, 1.165) is 58.1 Å². The fourth-order valence-electron chi connectivity index (χ4n) is 2.57. The second-order valence-electron chi connectivity index (χ2n) is 6.18. The second kappa shape index (κ2) is 6.60. The third-order valence-corrected chi connectivity index (χ3v) is 3.48. The maximum atomic E-state index is 9.85. The van der Waals surface area contributed by atoms with E-state index in [1.165, 1.54) is 0 Å². The molecule has 1 aromatic heterocycles. The summed E-state index contributed by atoms with van der Waals surface area (Å²) < 4.78 is 1.89. The van der Waals surface area contributed by atoms with Crippen LogP contribution in [0.3, 0.4) is 0 Å². The minimum absolute atomic E-state index is 0.618. The van der Waals surface area contributed by atoms with E-state index in [2.05, 4.69) is 32.2 Å². The average molecular weight is 282 g/mol. The minimum atomic E-state index is -0.618. The molecule has 0 aromatic carbocycles. The van der Waals surface area contributed by atoms with E-state index in [1.54, 1.807) is 0 Å². The standard InChI is InChI=1S/C13H26N6O/c1-4-5-19-12(14-15-16-19)10-17-6-8-18(9-7-17)11-13(2,3)20/h20H,4-11H2,1-3H3. The van der Waals surface area contributed by atoms with Crippen LogP contribution in [0.5, 0.6) is 0 Å². The van der Waals surface area contributed by atoms with Crippen molar-refractivity contribution in [2.24, 2.45) is 0 Å². The molecule has 2 rings (SSSR count). The van der Waals surface area contributed by atoms with Gasteiger partial charge in [-0.1, -0.05) is 6.92 Å². The van der Waals surface area contributed by atoms with Gasteiger partial charge in [0.25, 0.3) is 0 Å². The molecule has 0 unspecified atom stereocenters. The highest BCUT2D eigenvalue weighted by molar-refractivity contribution is 4.84. The van der Waals surface area contributed by atoms with Gasteiger partial charge in [0.15, 0.2) is 5.82 Å². The topological polar surface area (TPSA) is 70.3 Å². The molecule has 0 bridgehead atoms. The van der Waals surface area contributed by atoms with Gasteiger partial charge in [-0.25, -0.2) is 4.68 Å². The quantitative estimate of drug-likeness (QED) is 0.790. The highest BCUT2D eigenvalue weighted by Gasteiger charge is 2.23. The van der Waals surface area contributed by atoms with Crippen LogP contribution in [0.25, 0.3) is 0 Å². The zero-order valence-electron chi connectivity index (χ0n) is 12.8. The average Bonchev–Trinajstić information content (AvgIpc) is 2.78. The molecule has 0 aliphatic carbocycles. The van der Waals surface area contributed by atoms with Crippen LogP contribution in [0, 0.1) is 0 Å². The first-order chi connectivity index (χ1) is 9.48. The van der Waals surface area contributed by atoms with E-state index in [9.17, 15) is 5.11 Å². The van der Waals surface area contributed by atoms with E-state index < -0.39 is 5.60 Å². The molecule has 7 nitrogen and oxygen atoms in total. The molecule has 0 spiro atoms. The molecule has 7 heteroatoms. The molecular formula is C13H26N6O. The highest BCUT2D eigenvalue weighted by Crippen LogP contribution is 2.10. The number of rotatable bonds is 6. The van der Waals surface area contributed by atoms with E-state index in [1.807, 2.05) is 18.5 Å². The molecule has 1 N–H and O–H groups in total. The molecule has 0 radical (unpaired) electrons. The first-order valence-corrected chi connectivity index (χ1v) is 7.40. The zero-order valence-corrected chi connectivity index (χ0v) is 12.8. The number of nitrogens with zero attached hydrogens (tertiary/aromatic N) is 6. The van der Waals surface area contributed by atoms with Crippen molar-refractivity contribution in [1.82, 2.24) is 30.0 Å². The smallest absolute Gasteiger partial charge is 0.165 e. The Kier molecular flexibility index (Phi) is 5.06. The Morgan fingerprint density at radius 2 is 1.80 bits per heavy atom. The number of aliphatic hydroxyl groups is 1. The Bertz CT molecular complexity index is 405. The maximum Gasteiger partial charge on any atom is 0.165 e. The molecule has 2 heterocycles. The molecule has 0 amide bonds. The Hall–Kier alpha value is -1.05. The Labute approximate surface area is 120 Å². The van der Waals surface area contributed by atoms with Crippen LogP contribution in [0.4, 0.5) is 0 Å². The van der Waals surface area contributed by atoms with Gasteiger partial charge in [-0.3, -0.25) is 9.80 Å². The van der Waals surface area contributed by atoms with E-state index >= 15 is 0 Å². The Morgan fingerprint density at radius 3 is 2.40 bits per heavy atom. The van der Waals surface area contributed by atoms with Crippen molar-refractivity contribution in [1.29, 1.82) is 0 Å². The number of aromatic nitrogens is 4. The van der Waals surface area contributed by atoms with Crippen molar-refractivity contribution in [3.8, 4) is 0 Å². The van der Waals surface area contributed by atoms with Gasteiger partial charge >= 0.3 is 0 Å². The van der Waals surface area contributed by atoms with Crippen molar-refractivity contribution < 1.29 is 5.11 Å². The molecular weight excluding hydrogens is 256 g/mol. The summed E-state index contributed by atoms with van der Waals surface area (Å²) in [6.45, 7) is 12.2. The highest BCUT2D eigenvalue weighted by atomic mass is 16.3. The van der Waals surface area contributed by atoms with Gasteiger partial charge in [-0.2, -0.15) is 0 Å². The van der Waals surface area contributed by atoms with Crippen LogP contribution in [-0.4, -0.2) is 73.4 Å². The number of piperazine rings is 1. The summed E-state index contributed by atoms with van der Waals surface area (Å²) in [4.78, 5) is 4.68. The van der Waals surface area contributed by atoms with Crippen LogP contribution in [0.15, 0.2) is 0 Å². The second-order valence-corrected chi connectivity index (χ2v) is 6.18. The summed E-state index contributed by atoms with van der Waals surface area (Å²) in [6, 6.07) is 0. The van der Waals surface area contributed by atoms with Crippen LogP contribution in [-0.2, 0) is 13.1 Å². The van der Waals surface area contributed by atoms with Gasteiger partial charge in [0.2, 0.25) is 0 Å². The van der Waals surface area contributed by atoms with E-state index in [4.69, 9.17) is 0 Å². The summed E-state index contributed by atoms with van der Waals surface area (Å²) in [7, 11) is 0. The third-order valence-electron chi connectivity index (χ3n) is 3.48. The van der Waals surface area contributed by atoms with Gasteiger partial charge < -0.3 is 5.11 Å². The van der Waals surface area contributed by atoms with Crippen molar-refractivity contribution in [2.75, 3.05) is 32.7 Å². The largest absolute Gasteiger partial charge is 0.389 e. The third kappa shape index (κ3) is 4.50. The van der Waals surface area contributed by atoms with Crippen molar-refractivity contribution in [3.05, 3.63) is 5.82 Å². The van der Waals surface area contributed by atoms with Crippen molar-refractivity contribution >= 4 is 0 Å². The lowest BCUT2D eigenvalue weighted by molar-refractivity contribution is 0.0161. The number of tetrazole rings is 1. The first-order valence-electron chi connectivity index (χ1n) is 7.40. The fourth-order valence-corrected chi connectivity index (χ4v) is 2.57. The first kappa shape index (κ1) is 15.3. The molecule has 0 atom stereocenters. The summed E-state index contributed by atoms with van der Waals surface area (Å²) in [5.41, 5.74) is -0.618. The lowest BCUT2D eigenvalue weighted by Gasteiger charge is -2.37. The van der Waals surface area contributed by atoms with Crippen LogP contribution < -0.4 is 0 Å². The van der Waals surface area contributed by atoms with Crippen molar-refractivity contribution in [3.63, 3.8) is 0 Å². The molecule has 1 saturated heterocycles. The van der Waals surface area contributed by atoms with Gasteiger partial charge in [0.05, 0.1) is 12.1 Å². The predicted octanol–water partition coefficient (Wildman–Crippen LogP) is -0.0284. The molecule has 1 aromatic rings. The van der Waals surface area contributed by atoms with Gasteiger partial charge in [-0.15, -0.1) is 5.10 Å². The summed E-state index contributed by atoms with van der Waals surface area (Å²) in [5, 5.41) is 21.8. The molecule has 114 valence electrons. The lowest BCUT2D eigenvalue weighted by Crippen LogP contribution is -2.50. The maximum absolute atomic E-state index is 9.85. The van der Waals surface area contributed by atoms with Gasteiger partial charge in [-0.05, 0) is 30.7 Å². The number of hydrogen-bond donors (Lipinski definition) is 1. The molecule has 1 fully saturated rings. The number of β-amino-alcohol motifs (C(OH)–C–C–N with tert-alkyl or cyclic N) is 1. The molecule has 0 saturated carbocycles.